The van der Waals surface area contributed by atoms with E-state index in [4.69, 9.17) is 4.74 Å². The molecule has 4 rings (SSSR count). The molecule has 19 heavy (non-hydrogen) atoms. The quantitative estimate of drug-likeness (QED) is 0.681. The van der Waals surface area contributed by atoms with Crippen molar-refractivity contribution in [2.45, 2.75) is 42.5 Å². The third-order valence-electron chi connectivity index (χ3n) is 4.69. The number of Topliss-reactive ketones (excluding diaryl/α,β-unsaturated/α-hetero) is 1. The van der Waals surface area contributed by atoms with Gasteiger partial charge in [-0.25, -0.2) is 0 Å². The fourth-order valence-electron chi connectivity index (χ4n) is 3.58. The Morgan fingerprint density at radius 2 is 2.05 bits per heavy atom. The van der Waals surface area contributed by atoms with Gasteiger partial charge in [-0.2, -0.15) is 0 Å². The molecule has 2 aliphatic carbocycles. The van der Waals surface area contributed by atoms with Crippen LogP contribution in [0.1, 0.15) is 42.4 Å². The molecule has 1 aromatic carbocycles. The smallest absolute Gasteiger partial charge is 0.157 e. The summed E-state index contributed by atoms with van der Waals surface area (Å²) < 4.78 is 5.81. The van der Waals surface area contributed by atoms with E-state index >= 15 is 0 Å². The minimum Gasteiger partial charge on any atom is -0.479 e. The number of ether oxygens (including phenoxy) is 1. The number of hydrogen-bond acceptors (Lipinski definition) is 2. The van der Waals surface area contributed by atoms with Gasteiger partial charge in [0.1, 0.15) is 11.5 Å². The Bertz CT molecular complexity index is 593. The molecule has 0 bridgehead atoms. The summed E-state index contributed by atoms with van der Waals surface area (Å²) in [5, 5.41) is 0.109. The van der Waals surface area contributed by atoms with Crippen LogP contribution in [0.15, 0.2) is 18.2 Å². The standard InChI is InChI=1S/C16H15BrO2/c17-15-8-11-7-10-1-4-16(5-2-12(18)3-6-16)13(10)9-14(11)19-15/h1,4,7,9,15H,2-3,5-6,8H2. The Morgan fingerprint density at radius 1 is 1.26 bits per heavy atom. The zero-order valence-corrected chi connectivity index (χ0v) is 12.2. The molecule has 1 spiro atoms. The molecular weight excluding hydrogens is 304 g/mol. The van der Waals surface area contributed by atoms with Gasteiger partial charge in [-0.15, -0.1) is 0 Å². The van der Waals surface area contributed by atoms with Crippen LogP contribution in [0.2, 0.25) is 0 Å². The second kappa shape index (κ2) is 3.95. The SMILES string of the molecule is O=C1CCC2(C=Cc3cc4c(cc32)OC(Br)C4)CC1. The molecule has 1 saturated carbocycles. The van der Waals surface area contributed by atoms with Crippen LogP contribution in [0.3, 0.4) is 0 Å². The molecule has 98 valence electrons. The number of allylic oxidation sites excluding steroid dienone is 1. The van der Waals surface area contributed by atoms with Crippen LogP contribution >= 0.6 is 15.9 Å². The van der Waals surface area contributed by atoms with Crippen LogP contribution in [0.4, 0.5) is 0 Å². The molecule has 1 unspecified atom stereocenters. The van der Waals surface area contributed by atoms with Gasteiger partial charge in [0.2, 0.25) is 0 Å². The van der Waals surface area contributed by atoms with Crippen molar-refractivity contribution in [1.29, 1.82) is 0 Å². The van der Waals surface area contributed by atoms with E-state index in [1.165, 1.54) is 16.7 Å². The fourth-order valence-corrected chi connectivity index (χ4v) is 4.13. The first-order valence-electron chi connectivity index (χ1n) is 6.85. The van der Waals surface area contributed by atoms with Crippen molar-refractivity contribution in [1.82, 2.24) is 0 Å². The molecule has 0 saturated heterocycles. The summed E-state index contributed by atoms with van der Waals surface area (Å²) in [4.78, 5) is 11.5. The zero-order chi connectivity index (χ0) is 13.0. The molecule has 1 aliphatic heterocycles. The Kier molecular flexibility index (Phi) is 2.44. The fraction of sp³-hybridized carbons (Fsp3) is 0.438. The van der Waals surface area contributed by atoms with Gasteiger partial charge in [0.15, 0.2) is 5.01 Å². The molecule has 0 aromatic heterocycles. The van der Waals surface area contributed by atoms with Crippen molar-refractivity contribution < 1.29 is 9.53 Å². The summed E-state index contributed by atoms with van der Waals surface area (Å²) in [6.07, 6.45) is 8.79. The van der Waals surface area contributed by atoms with Gasteiger partial charge in [-0.1, -0.05) is 12.2 Å². The normalized spacial score (nSPS) is 26.4. The maximum absolute atomic E-state index is 11.5. The highest BCUT2D eigenvalue weighted by Crippen LogP contribution is 2.48. The van der Waals surface area contributed by atoms with E-state index in [9.17, 15) is 4.79 Å². The number of carbonyl (C=O) groups is 1. The lowest BCUT2D eigenvalue weighted by atomic mass is 9.70. The van der Waals surface area contributed by atoms with Gasteiger partial charge >= 0.3 is 0 Å². The Morgan fingerprint density at radius 3 is 2.84 bits per heavy atom. The number of ketones is 1. The van der Waals surface area contributed by atoms with Crippen LogP contribution in [-0.2, 0) is 16.6 Å². The van der Waals surface area contributed by atoms with Gasteiger partial charge in [0.25, 0.3) is 0 Å². The van der Waals surface area contributed by atoms with Gasteiger partial charge in [0, 0.05) is 24.7 Å². The first kappa shape index (κ1) is 11.7. The van der Waals surface area contributed by atoms with Crippen LogP contribution < -0.4 is 4.74 Å². The number of halogens is 1. The predicted molar refractivity (Wildman–Crippen MR) is 77.7 cm³/mol. The van der Waals surface area contributed by atoms with Crippen molar-refractivity contribution in [2.24, 2.45) is 0 Å². The van der Waals surface area contributed by atoms with Gasteiger partial charge in [-0.3, -0.25) is 4.79 Å². The summed E-state index contributed by atoms with van der Waals surface area (Å²) in [5.41, 5.74) is 4.05. The van der Waals surface area contributed by atoms with E-state index in [-0.39, 0.29) is 10.4 Å². The third kappa shape index (κ3) is 1.71. The summed E-state index contributed by atoms with van der Waals surface area (Å²) >= 11 is 3.52. The third-order valence-corrected chi connectivity index (χ3v) is 5.20. The molecular formula is C16H15BrO2. The first-order valence-corrected chi connectivity index (χ1v) is 7.77. The first-order chi connectivity index (χ1) is 9.16. The van der Waals surface area contributed by atoms with Crippen LogP contribution in [0.5, 0.6) is 5.75 Å². The summed E-state index contributed by atoms with van der Waals surface area (Å²) in [6, 6.07) is 4.47. The van der Waals surface area contributed by atoms with Gasteiger partial charge in [-0.05, 0) is 57.6 Å². The molecule has 0 radical (unpaired) electrons. The maximum Gasteiger partial charge on any atom is 0.157 e. The number of hydrogen-bond donors (Lipinski definition) is 0. The van der Waals surface area contributed by atoms with Gasteiger partial charge < -0.3 is 4.74 Å². The summed E-state index contributed by atoms with van der Waals surface area (Å²) in [5.74, 6) is 1.42. The van der Waals surface area contributed by atoms with Crippen molar-refractivity contribution in [2.75, 3.05) is 0 Å². The number of benzene rings is 1. The molecule has 3 aliphatic rings. The maximum atomic E-state index is 11.5. The molecule has 2 nitrogen and oxygen atoms in total. The average molecular weight is 319 g/mol. The largest absolute Gasteiger partial charge is 0.479 e. The Labute approximate surface area is 121 Å². The highest BCUT2D eigenvalue weighted by Gasteiger charge is 2.39. The van der Waals surface area contributed by atoms with Gasteiger partial charge in [0.05, 0.1) is 0 Å². The lowest BCUT2D eigenvalue weighted by molar-refractivity contribution is -0.121. The number of rotatable bonds is 0. The lowest BCUT2D eigenvalue weighted by Crippen LogP contribution is -2.28. The second-order valence-electron chi connectivity index (χ2n) is 5.81. The van der Waals surface area contributed by atoms with E-state index in [0.717, 1.165) is 25.0 Å². The number of carbonyl (C=O) groups excluding carboxylic acids is 1. The zero-order valence-electron chi connectivity index (χ0n) is 10.6. The van der Waals surface area contributed by atoms with Crippen LogP contribution in [-0.4, -0.2) is 10.8 Å². The molecule has 3 heteroatoms. The minimum atomic E-state index is 0.0893. The topological polar surface area (TPSA) is 26.3 Å². The average Bonchev–Trinajstić information content (AvgIpc) is 2.91. The molecule has 1 atom stereocenters. The molecule has 1 fully saturated rings. The van der Waals surface area contributed by atoms with E-state index < -0.39 is 0 Å². The highest BCUT2D eigenvalue weighted by molar-refractivity contribution is 9.09. The van der Waals surface area contributed by atoms with Crippen molar-refractivity contribution in [3.63, 3.8) is 0 Å². The second-order valence-corrected chi connectivity index (χ2v) is 6.83. The van der Waals surface area contributed by atoms with Crippen molar-refractivity contribution in [3.05, 3.63) is 34.9 Å². The highest BCUT2D eigenvalue weighted by atomic mass is 79.9. The predicted octanol–water partition coefficient (Wildman–Crippen LogP) is 3.75. The minimum absolute atomic E-state index is 0.0893. The summed E-state index contributed by atoms with van der Waals surface area (Å²) in [7, 11) is 0. The molecule has 0 amide bonds. The van der Waals surface area contributed by atoms with E-state index in [1.54, 1.807) is 0 Å². The molecule has 1 heterocycles. The Hall–Kier alpha value is -1.09. The molecule has 0 N–H and O–H groups in total. The molecule has 1 aromatic rings. The lowest BCUT2D eigenvalue weighted by Gasteiger charge is -2.32. The van der Waals surface area contributed by atoms with Crippen molar-refractivity contribution in [3.8, 4) is 5.75 Å². The van der Waals surface area contributed by atoms with E-state index in [2.05, 4.69) is 40.2 Å². The van der Waals surface area contributed by atoms with E-state index in [1.807, 2.05) is 0 Å². The Balaban J connectivity index is 1.77. The summed E-state index contributed by atoms with van der Waals surface area (Å²) in [6.45, 7) is 0. The van der Waals surface area contributed by atoms with Crippen LogP contribution in [0.25, 0.3) is 6.08 Å². The van der Waals surface area contributed by atoms with E-state index in [0.29, 0.717) is 18.6 Å². The monoisotopic (exact) mass is 318 g/mol. The van der Waals surface area contributed by atoms with Crippen LogP contribution in [0, 0.1) is 0 Å². The van der Waals surface area contributed by atoms with Crippen molar-refractivity contribution >= 4 is 27.8 Å². The number of alkyl halides is 1. The number of fused-ring (bicyclic) bond motifs is 3.